The van der Waals surface area contributed by atoms with Crippen LogP contribution in [0.3, 0.4) is 0 Å². The topological polar surface area (TPSA) is 63.0 Å². The smallest absolute Gasteiger partial charge is 0.349 e. The maximum absolute atomic E-state index is 13.0. The molecule has 1 saturated heterocycles. The van der Waals surface area contributed by atoms with Gasteiger partial charge in [-0.05, 0) is 43.3 Å². The van der Waals surface area contributed by atoms with Gasteiger partial charge in [-0.25, -0.2) is 4.79 Å². The lowest BCUT2D eigenvalue weighted by Crippen LogP contribution is -2.49. The van der Waals surface area contributed by atoms with Gasteiger partial charge in [-0.3, -0.25) is 4.79 Å². The summed E-state index contributed by atoms with van der Waals surface area (Å²) in [4.78, 5) is 29.2. The van der Waals surface area contributed by atoms with Crippen LogP contribution in [0.15, 0.2) is 62.2 Å². The standard InChI is InChI=1S/C22H21BrN2O4/c1-2-28-20-6-4-3-5-18(20)24-9-11-25(12-10-24)21(26)17-14-15-13-16(23)7-8-19(15)29-22(17)27/h3-8,13-14H,2,9-12H2,1H3. The first-order valence-electron chi connectivity index (χ1n) is 9.56. The van der Waals surface area contributed by atoms with E-state index in [2.05, 4.69) is 20.8 Å². The molecule has 0 bridgehead atoms. The molecule has 150 valence electrons. The minimum Gasteiger partial charge on any atom is -0.492 e. The van der Waals surface area contributed by atoms with Crippen molar-refractivity contribution in [2.75, 3.05) is 37.7 Å². The van der Waals surface area contributed by atoms with Crippen LogP contribution in [0.4, 0.5) is 5.69 Å². The molecule has 2 heterocycles. The number of ether oxygens (including phenoxy) is 1. The molecule has 6 nitrogen and oxygen atoms in total. The quantitative estimate of drug-likeness (QED) is 0.556. The molecule has 0 atom stereocenters. The van der Waals surface area contributed by atoms with Crippen LogP contribution in [0.1, 0.15) is 17.3 Å². The summed E-state index contributed by atoms with van der Waals surface area (Å²) in [5.74, 6) is 0.550. The molecular weight excluding hydrogens is 436 g/mol. The summed E-state index contributed by atoms with van der Waals surface area (Å²) < 4.78 is 11.9. The van der Waals surface area contributed by atoms with Gasteiger partial charge in [0.05, 0.1) is 12.3 Å². The number of carbonyl (C=O) groups excluding carboxylic acids is 1. The third-order valence-corrected chi connectivity index (χ3v) is 5.49. The lowest BCUT2D eigenvalue weighted by atomic mass is 10.1. The van der Waals surface area contributed by atoms with Crippen molar-refractivity contribution in [1.29, 1.82) is 0 Å². The molecule has 2 aromatic carbocycles. The summed E-state index contributed by atoms with van der Waals surface area (Å²) in [5, 5.41) is 0.714. The largest absolute Gasteiger partial charge is 0.492 e. The fourth-order valence-corrected chi connectivity index (χ4v) is 3.94. The molecular formula is C22H21BrN2O4. The Kier molecular flexibility index (Phi) is 5.58. The van der Waals surface area contributed by atoms with E-state index in [9.17, 15) is 9.59 Å². The van der Waals surface area contributed by atoms with Crippen molar-refractivity contribution in [3.8, 4) is 5.75 Å². The Balaban J connectivity index is 1.52. The van der Waals surface area contributed by atoms with Crippen molar-refractivity contribution >= 4 is 38.5 Å². The average Bonchev–Trinajstić information content (AvgIpc) is 2.74. The Morgan fingerprint density at radius 2 is 1.86 bits per heavy atom. The Bertz CT molecular complexity index is 1100. The molecule has 1 amide bonds. The number of hydrogen-bond acceptors (Lipinski definition) is 5. The van der Waals surface area contributed by atoms with Gasteiger partial charge in [0.15, 0.2) is 0 Å². The lowest BCUT2D eigenvalue weighted by molar-refractivity contribution is 0.0742. The number of carbonyl (C=O) groups is 1. The highest BCUT2D eigenvalue weighted by atomic mass is 79.9. The third-order valence-electron chi connectivity index (χ3n) is 5.00. The zero-order valence-electron chi connectivity index (χ0n) is 16.1. The van der Waals surface area contributed by atoms with E-state index in [0.29, 0.717) is 43.8 Å². The number of anilines is 1. The first-order valence-corrected chi connectivity index (χ1v) is 10.4. The number of fused-ring (bicyclic) bond motifs is 1. The molecule has 1 fully saturated rings. The van der Waals surface area contributed by atoms with Gasteiger partial charge >= 0.3 is 5.63 Å². The van der Waals surface area contributed by atoms with Gasteiger partial charge in [-0.2, -0.15) is 0 Å². The second-order valence-corrected chi connectivity index (χ2v) is 7.73. The van der Waals surface area contributed by atoms with Crippen LogP contribution < -0.4 is 15.3 Å². The maximum atomic E-state index is 13.0. The maximum Gasteiger partial charge on any atom is 0.349 e. The van der Waals surface area contributed by atoms with E-state index in [1.165, 1.54) is 0 Å². The summed E-state index contributed by atoms with van der Waals surface area (Å²) in [5.41, 5.74) is 0.955. The van der Waals surface area contributed by atoms with E-state index in [-0.39, 0.29) is 11.5 Å². The second kappa shape index (κ2) is 8.29. The van der Waals surface area contributed by atoms with Crippen molar-refractivity contribution in [2.45, 2.75) is 6.92 Å². The second-order valence-electron chi connectivity index (χ2n) is 6.81. The van der Waals surface area contributed by atoms with Crippen molar-refractivity contribution in [3.63, 3.8) is 0 Å². The van der Waals surface area contributed by atoms with Crippen molar-refractivity contribution in [2.24, 2.45) is 0 Å². The SMILES string of the molecule is CCOc1ccccc1N1CCN(C(=O)c2cc3cc(Br)ccc3oc2=O)CC1. The molecule has 1 aliphatic rings. The van der Waals surface area contributed by atoms with Gasteiger partial charge in [0.1, 0.15) is 16.9 Å². The first kappa shape index (κ1) is 19.5. The van der Waals surface area contributed by atoms with Gasteiger partial charge in [0.25, 0.3) is 5.91 Å². The monoisotopic (exact) mass is 456 g/mol. The predicted octanol–water partition coefficient (Wildman–Crippen LogP) is 3.92. The summed E-state index contributed by atoms with van der Waals surface area (Å²) in [6.45, 7) is 4.94. The summed E-state index contributed by atoms with van der Waals surface area (Å²) in [6.07, 6.45) is 0. The Labute approximate surface area is 176 Å². The minimum absolute atomic E-state index is 0.0683. The number of hydrogen-bond donors (Lipinski definition) is 0. The van der Waals surface area contributed by atoms with E-state index in [1.807, 2.05) is 37.3 Å². The first-order chi connectivity index (χ1) is 14.1. The number of amides is 1. The Morgan fingerprint density at radius 3 is 2.62 bits per heavy atom. The van der Waals surface area contributed by atoms with Gasteiger partial charge in [-0.1, -0.05) is 28.1 Å². The molecule has 0 N–H and O–H groups in total. The molecule has 0 unspecified atom stereocenters. The number of benzene rings is 2. The molecule has 3 aromatic rings. The molecule has 29 heavy (non-hydrogen) atoms. The molecule has 0 aliphatic carbocycles. The fourth-order valence-electron chi connectivity index (χ4n) is 3.56. The number of nitrogens with zero attached hydrogens (tertiary/aromatic N) is 2. The molecule has 0 saturated carbocycles. The molecule has 4 rings (SSSR count). The van der Waals surface area contributed by atoms with Gasteiger partial charge in [-0.15, -0.1) is 0 Å². The molecule has 7 heteroatoms. The number of halogens is 1. The van der Waals surface area contributed by atoms with E-state index >= 15 is 0 Å². The molecule has 1 aliphatic heterocycles. The van der Waals surface area contributed by atoms with E-state index in [0.717, 1.165) is 15.9 Å². The van der Waals surface area contributed by atoms with Crippen LogP contribution in [0, 0.1) is 0 Å². The number of piperazine rings is 1. The van der Waals surface area contributed by atoms with E-state index < -0.39 is 5.63 Å². The zero-order valence-corrected chi connectivity index (χ0v) is 17.6. The van der Waals surface area contributed by atoms with E-state index in [1.54, 1.807) is 23.1 Å². The fraction of sp³-hybridized carbons (Fsp3) is 0.273. The van der Waals surface area contributed by atoms with Crippen LogP contribution >= 0.6 is 15.9 Å². The van der Waals surface area contributed by atoms with Gasteiger partial charge in [0.2, 0.25) is 0 Å². The molecule has 0 radical (unpaired) electrons. The van der Waals surface area contributed by atoms with Crippen LogP contribution in [0.5, 0.6) is 5.75 Å². The highest BCUT2D eigenvalue weighted by Gasteiger charge is 2.26. The van der Waals surface area contributed by atoms with Crippen LogP contribution in [0.2, 0.25) is 0 Å². The lowest BCUT2D eigenvalue weighted by Gasteiger charge is -2.36. The summed E-state index contributed by atoms with van der Waals surface area (Å²) in [7, 11) is 0. The zero-order chi connectivity index (χ0) is 20.4. The molecule has 0 spiro atoms. The van der Waals surface area contributed by atoms with E-state index in [4.69, 9.17) is 9.15 Å². The van der Waals surface area contributed by atoms with Crippen LogP contribution in [-0.2, 0) is 0 Å². The summed E-state index contributed by atoms with van der Waals surface area (Å²) in [6, 6.07) is 14.9. The predicted molar refractivity (Wildman–Crippen MR) is 116 cm³/mol. The normalized spacial score (nSPS) is 14.3. The third kappa shape index (κ3) is 4.00. The van der Waals surface area contributed by atoms with Crippen molar-refractivity contribution in [1.82, 2.24) is 4.90 Å². The Morgan fingerprint density at radius 1 is 1.10 bits per heavy atom. The summed E-state index contributed by atoms with van der Waals surface area (Å²) >= 11 is 3.40. The highest BCUT2D eigenvalue weighted by Crippen LogP contribution is 2.29. The Hall–Kier alpha value is -2.80. The highest BCUT2D eigenvalue weighted by molar-refractivity contribution is 9.10. The van der Waals surface area contributed by atoms with Gasteiger partial charge in [0, 0.05) is 36.0 Å². The number of rotatable bonds is 4. The van der Waals surface area contributed by atoms with Crippen molar-refractivity contribution in [3.05, 3.63) is 69.0 Å². The van der Waals surface area contributed by atoms with Crippen LogP contribution in [-0.4, -0.2) is 43.6 Å². The minimum atomic E-state index is -0.603. The number of para-hydroxylation sites is 2. The van der Waals surface area contributed by atoms with Gasteiger partial charge < -0.3 is 19.0 Å². The molecule has 1 aromatic heterocycles. The average molecular weight is 457 g/mol. The van der Waals surface area contributed by atoms with Crippen molar-refractivity contribution < 1.29 is 13.9 Å². The van der Waals surface area contributed by atoms with Crippen LogP contribution in [0.25, 0.3) is 11.0 Å².